The Bertz CT molecular complexity index is 177. The molecular weight excluding hydrogens is 174 g/mol. The van der Waals surface area contributed by atoms with Crippen LogP contribution in [0.3, 0.4) is 0 Å². The van der Waals surface area contributed by atoms with Gasteiger partial charge in [-0.2, -0.15) is 0 Å². The molecule has 2 nitrogen and oxygen atoms in total. The van der Waals surface area contributed by atoms with E-state index in [0.29, 0.717) is 24.2 Å². The first kappa shape index (κ1) is 13.6. The van der Waals surface area contributed by atoms with Gasteiger partial charge in [-0.3, -0.25) is 9.69 Å². The molecule has 0 aromatic rings. The van der Waals surface area contributed by atoms with Crippen molar-refractivity contribution in [1.29, 1.82) is 0 Å². The van der Waals surface area contributed by atoms with Crippen LogP contribution in [0, 0.1) is 5.92 Å². The van der Waals surface area contributed by atoms with Crippen molar-refractivity contribution in [1.82, 2.24) is 4.90 Å². The largest absolute Gasteiger partial charge is 0.298 e. The van der Waals surface area contributed by atoms with Gasteiger partial charge in [0.1, 0.15) is 5.78 Å². The van der Waals surface area contributed by atoms with E-state index in [1.165, 1.54) is 0 Å². The van der Waals surface area contributed by atoms with Gasteiger partial charge in [-0.25, -0.2) is 0 Å². The highest BCUT2D eigenvalue weighted by molar-refractivity contribution is 5.84. The van der Waals surface area contributed by atoms with Crippen molar-refractivity contribution in [3.8, 4) is 0 Å². The molecule has 0 aliphatic carbocycles. The Kier molecular flexibility index (Phi) is 6.01. The zero-order valence-electron chi connectivity index (χ0n) is 10.5. The summed E-state index contributed by atoms with van der Waals surface area (Å²) >= 11 is 0. The molecule has 2 atom stereocenters. The summed E-state index contributed by atoms with van der Waals surface area (Å²) in [7, 11) is 2.05. The number of nitrogens with zero attached hydrogens (tertiary/aromatic N) is 1. The van der Waals surface area contributed by atoms with E-state index in [2.05, 4.69) is 39.6 Å². The molecule has 14 heavy (non-hydrogen) atoms. The van der Waals surface area contributed by atoms with Crippen LogP contribution in [-0.4, -0.2) is 29.8 Å². The summed E-state index contributed by atoms with van der Waals surface area (Å²) < 4.78 is 0. The molecule has 0 spiro atoms. The van der Waals surface area contributed by atoms with Crippen LogP contribution < -0.4 is 0 Å². The van der Waals surface area contributed by atoms with E-state index >= 15 is 0 Å². The lowest BCUT2D eigenvalue weighted by molar-refractivity contribution is -0.126. The first-order chi connectivity index (χ1) is 6.45. The fraction of sp³-hybridized carbons (Fsp3) is 0.917. The lowest BCUT2D eigenvalue weighted by atomic mass is 9.92. The molecule has 0 radical (unpaired) electrons. The molecule has 0 amide bonds. The number of carbonyl (C=O) groups excluding carboxylic acids is 1. The van der Waals surface area contributed by atoms with E-state index < -0.39 is 0 Å². The van der Waals surface area contributed by atoms with Gasteiger partial charge in [0, 0.05) is 12.5 Å². The number of hydrogen-bond acceptors (Lipinski definition) is 2. The van der Waals surface area contributed by atoms with Gasteiger partial charge in [0.15, 0.2) is 0 Å². The minimum Gasteiger partial charge on any atom is -0.298 e. The van der Waals surface area contributed by atoms with E-state index in [-0.39, 0.29) is 6.04 Å². The molecule has 0 saturated carbocycles. The van der Waals surface area contributed by atoms with E-state index in [1.807, 2.05) is 6.92 Å². The fourth-order valence-electron chi connectivity index (χ4n) is 1.70. The molecule has 0 aromatic carbocycles. The molecule has 0 fully saturated rings. The Morgan fingerprint density at radius 1 is 1.21 bits per heavy atom. The quantitative estimate of drug-likeness (QED) is 0.655. The molecule has 0 heterocycles. The molecule has 0 bridgehead atoms. The maximum Gasteiger partial charge on any atom is 0.149 e. The van der Waals surface area contributed by atoms with Gasteiger partial charge in [0.2, 0.25) is 0 Å². The van der Waals surface area contributed by atoms with Crippen LogP contribution in [0.1, 0.15) is 47.5 Å². The smallest absolute Gasteiger partial charge is 0.149 e. The molecule has 84 valence electrons. The van der Waals surface area contributed by atoms with Crippen molar-refractivity contribution in [2.75, 3.05) is 7.05 Å². The molecule has 0 saturated heterocycles. The van der Waals surface area contributed by atoms with Crippen molar-refractivity contribution in [3.05, 3.63) is 0 Å². The minimum atomic E-state index is 0.102. The highest BCUT2D eigenvalue weighted by atomic mass is 16.1. The number of hydrogen-bond donors (Lipinski definition) is 0. The van der Waals surface area contributed by atoms with Gasteiger partial charge >= 0.3 is 0 Å². The lowest BCUT2D eigenvalue weighted by Crippen LogP contribution is -2.46. The molecule has 0 aromatic heterocycles. The van der Waals surface area contributed by atoms with Gasteiger partial charge in [0.05, 0.1) is 6.04 Å². The van der Waals surface area contributed by atoms with Crippen LogP contribution in [0.15, 0.2) is 0 Å². The third-order valence-corrected chi connectivity index (χ3v) is 3.11. The van der Waals surface area contributed by atoms with Crippen molar-refractivity contribution in [3.63, 3.8) is 0 Å². The lowest BCUT2D eigenvalue weighted by Gasteiger charge is -2.34. The van der Waals surface area contributed by atoms with Gasteiger partial charge in [-0.05, 0) is 26.8 Å². The Labute approximate surface area is 88.7 Å². The standard InChI is InChI=1S/C12H25NO/c1-7-10(5)12(11(14)8-2)13(6)9(3)4/h9-10,12H,7-8H2,1-6H3. The van der Waals surface area contributed by atoms with Crippen LogP contribution in [0.2, 0.25) is 0 Å². The highest BCUT2D eigenvalue weighted by Gasteiger charge is 2.27. The predicted octanol–water partition coefficient (Wildman–Crippen LogP) is 2.72. The SMILES string of the molecule is CCC(=O)C(C(C)CC)N(C)C(C)C. The number of rotatable bonds is 6. The minimum absolute atomic E-state index is 0.102. The maximum atomic E-state index is 11.8. The van der Waals surface area contributed by atoms with Crippen LogP contribution in [0.4, 0.5) is 0 Å². The Balaban J connectivity index is 4.62. The second kappa shape index (κ2) is 6.18. The molecular formula is C12H25NO. The molecule has 0 aliphatic rings. The summed E-state index contributed by atoms with van der Waals surface area (Å²) in [5.74, 6) is 0.824. The topological polar surface area (TPSA) is 20.3 Å². The third-order valence-electron chi connectivity index (χ3n) is 3.11. The summed E-state index contributed by atoms with van der Waals surface area (Å²) in [4.78, 5) is 14.0. The average Bonchev–Trinajstić information content (AvgIpc) is 2.16. The fourth-order valence-corrected chi connectivity index (χ4v) is 1.70. The van der Waals surface area contributed by atoms with E-state index in [9.17, 15) is 4.79 Å². The third kappa shape index (κ3) is 3.41. The van der Waals surface area contributed by atoms with Crippen molar-refractivity contribution in [2.45, 2.75) is 59.5 Å². The van der Waals surface area contributed by atoms with Crippen LogP contribution >= 0.6 is 0 Å². The van der Waals surface area contributed by atoms with Gasteiger partial charge < -0.3 is 0 Å². The van der Waals surface area contributed by atoms with E-state index in [1.54, 1.807) is 0 Å². The zero-order chi connectivity index (χ0) is 11.3. The monoisotopic (exact) mass is 199 g/mol. The van der Waals surface area contributed by atoms with Gasteiger partial charge in [0.25, 0.3) is 0 Å². The molecule has 0 rings (SSSR count). The molecule has 2 heteroatoms. The second-order valence-electron chi connectivity index (χ2n) is 4.41. The summed E-state index contributed by atoms with van der Waals surface area (Å²) in [6.07, 6.45) is 1.71. The molecule has 2 unspecified atom stereocenters. The summed E-state index contributed by atoms with van der Waals surface area (Å²) in [5.41, 5.74) is 0. The predicted molar refractivity (Wildman–Crippen MR) is 61.4 cm³/mol. The second-order valence-corrected chi connectivity index (χ2v) is 4.41. The number of carbonyl (C=O) groups is 1. The molecule has 0 aliphatic heterocycles. The van der Waals surface area contributed by atoms with Crippen LogP contribution in [-0.2, 0) is 4.79 Å². The average molecular weight is 199 g/mol. The van der Waals surface area contributed by atoms with Crippen molar-refractivity contribution >= 4 is 5.78 Å². The van der Waals surface area contributed by atoms with Crippen LogP contribution in [0.5, 0.6) is 0 Å². The first-order valence-electron chi connectivity index (χ1n) is 5.70. The Hall–Kier alpha value is -0.370. The van der Waals surface area contributed by atoms with Crippen molar-refractivity contribution < 1.29 is 4.79 Å². The normalized spacial score (nSPS) is 16.0. The summed E-state index contributed by atoms with van der Waals surface area (Å²) in [6, 6.07) is 0.537. The summed E-state index contributed by atoms with van der Waals surface area (Å²) in [5, 5.41) is 0. The maximum absolute atomic E-state index is 11.8. The Morgan fingerprint density at radius 2 is 1.71 bits per heavy atom. The van der Waals surface area contributed by atoms with Gasteiger partial charge in [-0.1, -0.05) is 27.2 Å². The van der Waals surface area contributed by atoms with Crippen molar-refractivity contribution in [2.24, 2.45) is 5.92 Å². The van der Waals surface area contributed by atoms with Crippen LogP contribution in [0.25, 0.3) is 0 Å². The highest BCUT2D eigenvalue weighted by Crippen LogP contribution is 2.17. The first-order valence-corrected chi connectivity index (χ1v) is 5.70. The van der Waals surface area contributed by atoms with E-state index in [4.69, 9.17) is 0 Å². The Morgan fingerprint density at radius 3 is 2.00 bits per heavy atom. The number of ketones is 1. The van der Waals surface area contributed by atoms with Gasteiger partial charge in [-0.15, -0.1) is 0 Å². The summed E-state index contributed by atoms with van der Waals surface area (Å²) in [6.45, 7) is 10.5. The number of likely N-dealkylation sites (N-methyl/N-ethyl adjacent to an activating group) is 1. The number of Topliss-reactive ketones (excluding diaryl/α,β-unsaturated/α-hetero) is 1. The molecule has 0 N–H and O–H groups in total. The zero-order valence-corrected chi connectivity index (χ0v) is 10.5. The van der Waals surface area contributed by atoms with E-state index in [0.717, 1.165) is 6.42 Å².